The highest BCUT2D eigenvalue weighted by atomic mass is 32.2. The minimum Gasteiger partial charge on any atom is -0.457 e. The molecule has 0 radical (unpaired) electrons. The van der Waals surface area contributed by atoms with Crippen molar-refractivity contribution in [1.29, 1.82) is 0 Å². The number of hydrogen-bond donors (Lipinski definition) is 0. The number of Topliss-reactive ketones (excluding diaryl/α,β-unsaturated/α-hetero) is 1. The molecular weight excluding hydrogens is 416 g/mol. The molecule has 2 heterocycles. The maximum Gasteiger partial charge on any atom is 0.248 e. The Balaban J connectivity index is 1.48. The number of carbonyl (C=O) groups excluding carboxylic acids is 1. The van der Waals surface area contributed by atoms with Gasteiger partial charge in [0.15, 0.2) is 11.5 Å². The molecule has 0 N–H and O–H groups in total. The van der Waals surface area contributed by atoms with E-state index < -0.39 is 15.9 Å². The molecule has 31 heavy (non-hydrogen) atoms. The van der Waals surface area contributed by atoms with Crippen molar-refractivity contribution in [1.82, 2.24) is 9.46 Å². The number of hydrogen-bond acceptors (Lipinski definition) is 6. The highest BCUT2D eigenvalue weighted by Crippen LogP contribution is 2.29. The van der Waals surface area contributed by atoms with Crippen molar-refractivity contribution in [2.45, 2.75) is 31.6 Å². The SMILES string of the molecule is Cc1noc(C)c1S(=O)(=O)N1CCC[C@H](C(=O)c2ccc(Oc3ccccc3)cc2)C1. The molecule has 4 rings (SSSR count). The first-order chi connectivity index (χ1) is 14.9. The van der Waals surface area contributed by atoms with E-state index in [0.717, 1.165) is 0 Å². The van der Waals surface area contributed by atoms with Crippen molar-refractivity contribution in [2.75, 3.05) is 13.1 Å². The first kappa shape index (κ1) is 21.3. The third kappa shape index (κ3) is 4.40. The van der Waals surface area contributed by atoms with Crippen LogP contribution in [0.5, 0.6) is 11.5 Å². The highest BCUT2D eigenvalue weighted by molar-refractivity contribution is 7.89. The Morgan fingerprint density at radius 2 is 1.74 bits per heavy atom. The van der Waals surface area contributed by atoms with Gasteiger partial charge < -0.3 is 9.26 Å². The lowest BCUT2D eigenvalue weighted by Crippen LogP contribution is -2.42. The molecule has 1 aromatic heterocycles. The predicted octanol–water partition coefficient (Wildman–Crippen LogP) is 4.37. The number of carbonyl (C=O) groups is 1. The van der Waals surface area contributed by atoms with Crippen molar-refractivity contribution in [3.8, 4) is 11.5 Å². The first-order valence-electron chi connectivity index (χ1n) is 10.2. The van der Waals surface area contributed by atoms with Gasteiger partial charge in [0.05, 0.1) is 0 Å². The summed E-state index contributed by atoms with van der Waals surface area (Å²) in [6.07, 6.45) is 1.27. The Kier molecular flexibility index (Phi) is 5.93. The Labute approximate surface area is 181 Å². The molecule has 0 spiro atoms. The molecule has 1 fully saturated rings. The number of nitrogens with zero attached hydrogens (tertiary/aromatic N) is 2. The zero-order chi connectivity index (χ0) is 22.0. The molecule has 8 heteroatoms. The van der Waals surface area contributed by atoms with Crippen molar-refractivity contribution in [2.24, 2.45) is 5.92 Å². The van der Waals surface area contributed by atoms with Crippen LogP contribution in [0.15, 0.2) is 64.0 Å². The monoisotopic (exact) mass is 440 g/mol. The van der Waals surface area contributed by atoms with Crippen molar-refractivity contribution in [3.05, 3.63) is 71.6 Å². The van der Waals surface area contributed by atoms with Crippen LogP contribution in [0.1, 0.15) is 34.7 Å². The summed E-state index contributed by atoms with van der Waals surface area (Å²) >= 11 is 0. The first-order valence-corrected chi connectivity index (χ1v) is 11.6. The fourth-order valence-electron chi connectivity index (χ4n) is 3.89. The van der Waals surface area contributed by atoms with Crippen LogP contribution in [0, 0.1) is 19.8 Å². The van der Waals surface area contributed by atoms with Crippen molar-refractivity contribution < 1.29 is 22.5 Å². The molecule has 2 aromatic carbocycles. The lowest BCUT2D eigenvalue weighted by molar-refractivity contribution is 0.0872. The number of aryl methyl sites for hydroxylation is 2. The smallest absolute Gasteiger partial charge is 0.248 e. The summed E-state index contributed by atoms with van der Waals surface area (Å²) in [7, 11) is -3.77. The van der Waals surface area contributed by atoms with Crippen molar-refractivity contribution >= 4 is 15.8 Å². The third-order valence-corrected chi connectivity index (χ3v) is 7.55. The van der Waals surface area contributed by atoms with Crippen LogP contribution < -0.4 is 4.74 Å². The Hall–Kier alpha value is -2.97. The summed E-state index contributed by atoms with van der Waals surface area (Å²) < 4.78 is 38.4. The van der Waals surface area contributed by atoms with Gasteiger partial charge in [-0.25, -0.2) is 8.42 Å². The molecule has 0 amide bonds. The van der Waals surface area contributed by atoms with Crippen LogP contribution >= 0.6 is 0 Å². The summed E-state index contributed by atoms with van der Waals surface area (Å²) in [4.78, 5) is 13.2. The van der Waals surface area contributed by atoms with Gasteiger partial charge in [0, 0.05) is 24.6 Å². The minimum atomic E-state index is -3.77. The molecule has 0 aliphatic carbocycles. The van der Waals surface area contributed by atoms with E-state index in [2.05, 4.69) is 5.16 Å². The Bertz CT molecular complexity index is 1150. The van der Waals surface area contributed by atoms with E-state index in [9.17, 15) is 13.2 Å². The van der Waals surface area contributed by atoms with Crippen molar-refractivity contribution in [3.63, 3.8) is 0 Å². The number of benzene rings is 2. The quantitative estimate of drug-likeness (QED) is 0.529. The van der Waals surface area contributed by atoms with Crippen LogP contribution in [-0.4, -0.2) is 36.8 Å². The second-order valence-electron chi connectivity index (χ2n) is 7.66. The van der Waals surface area contributed by atoms with Gasteiger partial charge in [-0.3, -0.25) is 4.79 Å². The van der Waals surface area contributed by atoms with Gasteiger partial charge in [-0.1, -0.05) is 23.4 Å². The second-order valence-corrected chi connectivity index (χ2v) is 9.53. The summed E-state index contributed by atoms with van der Waals surface area (Å²) in [5.74, 6) is 1.15. The number of ketones is 1. The van der Waals surface area contributed by atoms with E-state index in [0.29, 0.717) is 42.1 Å². The van der Waals surface area contributed by atoms with E-state index in [1.165, 1.54) is 4.31 Å². The van der Waals surface area contributed by atoms with Gasteiger partial charge in [-0.2, -0.15) is 4.31 Å². The third-order valence-electron chi connectivity index (χ3n) is 5.44. The second kappa shape index (κ2) is 8.64. The number of sulfonamides is 1. The van der Waals surface area contributed by atoms with Gasteiger partial charge in [0.1, 0.15) is 22.1 Å². The molecule has 162 valence electrons. The van der Waals surface area contributed by atoms with Crippen LogP contribution in [0.2, 0.25) is 0 Å². The maximum atomic E-state index is 13.1. The summed E-state index contributed by atoms with van der Waals surface area (Å²) in [6, 6.07) is 16.4. The molecular formula is C23H24N2O5S. The fraction of sp³-hybridized carbons (Fsp3) is 0.304. The van der Waals surface area contributed by atoms with Crippen LogP contribution in [0.3, 0.4) is 0 Å². The van der Waals surface area contributed by atoms with Gasteiger partial charge in [-0.15, -0.1) is 0 Å². The minimum absolute atomic E-state index is 0.0649. The van der Waals surface area contributed by atoms with Gasteiger partial charge >= 0.3 is 0 Å². The zero-order valence-corrected chi connectivity index (χ0v) is 18.3. The average molecular weight is 441 g/mol. The topological polar surface area (TPSA) is 89.7 Å². The predicted molar refractivity (Wildman–Crippen MR) is 115 cm³/mol. The van der Waals surface area contributed by atoms with Gasteiger partial charge in [0.25, 0.3) is 0 Å². The van der Waals surface area contributed by atoms with E-state index in [4.69, 9.17) is 9.26 Å². The maximum absolute atomic E-state index is 13.1. The number of rotatable bonds is 6. The lowest BCUT2D eigenvalue weighted by Gasteiger charge is -2.31. The molecule has 0 bridgehead atoms. The number of piperidine rings is 1. The van der Waals surface area contributed by atoms with Crippen LogP contribution in [-0.2, 0) is 10.0 Å². The number of para-hydroxylation sites is 1. The molecule has 1 aliphatic heterocycles. The summed E-state index contributed by atoms with van der Waals surface area (Å²) in [5.41, 5.74) is 0.877. The molecule has 0 saturated carbocycles. The molecule has 1 atom stereocenters. The largest absolute Gasteiger partial charge is 0.457 e. The van der Waals surface area contributed by atoms with Crippen LogP contribution in [0.25, 0.3) is 0 Å². The number of ether oxygens (including phenoxy) is 1. The summed E-state index contributed by atoms with van der Waals surface area (Å²) in [5, 5.41) is 3.76. The van der Waals surface area contributed by atoms with E-state index >= 15 is 0 Å². The van der Waals surface area contributed by atoms with Gasteiger partial charge in [-0.05, 0) is 63.1 Å². The molecule has 1 aliphatic rings. The van der Waals surface area contributed by atoms with E-state index in [-0.39, 0.29) is 23.0 Å². The Morgan fingerprint density at radius 3 is 2.39 bits per heavy atom. The summed E-state index contributed by atoms with van der Waals surface area (Å²) in [6.45, 7) is 3.71. The standard InChI is InChI=1S/C23H24N2O5S/c1-16-23(17(2)30-24-16)31(27,28)25-14-6-7-19(15-25)22(26)18-10-12-21(13-11-18)29-20-8-4-3-5-9-20/h3-5,8-13,19H,6-7,14-15H2,1-2H3/t19-/m0/s1. The average Bonchev–Trinajstić information content (AvgIpc) is 3.13. The highest BCUT2D eigenvalue weighted by Gasteiger charge is 2.36. The Morgan fingerprint density at radius 1 is 1.06 bits per heavy atom. The number of aromatic nitrogens is 1. The molecule has 0 unspecified atom stereocenters. The van der Waals surface area contributed by atoms with Crippen LogP contribution in [0.4, 0.5) is 0 Å². The molecule has 1 saturated heterocycles. The zero-order valence-electron chi connectivity index (χ0n) is 17.4. The molecule has 3 aromatic rings. The van der Waals surface area contributed by atoms with Gasteiger partial charge in [0.2, 0.25) is 10.0 Å². The van der Waals surface area contributed by atoms with E-state index in [1.807, 2.05) is 30.3 Å². The lowest BCUT2D eigenvalue weighted by atomic mass is 9.91. The van der Waals surface area contributed by atoms with E-state index in [1.54, 1.807) is 38.1 Å². The fourth-order valence-corrected chi connectivity index (χ4v) is 5.71. The normalized spacial score (nSPS) is 17.4. The molecule has 7 nitrogen and oxygen atoms in total.